The van der Waals surface area contributed by atoms with Crippen LogP contribution in [0, 0.1) is 5.92 Å². The van der Waals surface area contributed by atoms with Crippen molar-refractivity contribution in [2.24, 2.45) is 5.92 Å². The largest absolute Gasteiger partial charge is 0.384 e. The van der Waals surface area contributed by atoms with Crippen LogP contribution in [0.2, 0.25) is 0 Å². The smallest absolute Gasteiger partial charge is 0.223 e. The summed E-state index contributed by atoms with van der Waals surface area (Å²) in [7, 11) is 1.68. The fourth-order valence-electron chi connectivity index (χ4n) is 1.11. The molecule has 0 radical (unpaired) electrons. The molecule has 1 unspecified atom stereocenters. The molecule has 0 aromatic heterocycles. The minimum Gasteiger partial charge on any atom is -0.384 e. The highest BCUT2D eigenvalue weighted by Gasteiger charge is 2.29. The van der Waals surface area contributed by atoms with E-state index in [0.717, 1.165) is 25.8 Å². The van der Waals surface area contributed by atoms with Gasteiger partial charge in [0.15, 0.2) is 0 Å². The summed E-state index contributed by atoms with van der Waals surface area (Å²) in [4.78, 5) is 11.5. The lowest BCUT2D eigenvalue weighted by Crippen LogP contribution is -2.28. The number of carbonyl (C=O) groups excluding carboxylic acids is 1. The molecule has 0 bridgehead atoms. The molecule has 13 heavy (non-hydrogen) atoms. The van der Waals surface area contributed by atoms with E-state index >= 15 is 0 Å². The molecule has 0 aromatic rings. The maximum absolute atomic E-state index is 11.2. The molecule has 1 atom stereocenters. The van der Waals surface area contributed by atoms with Gasteiger partial charge < -0.3 is 10.1 Å². The molecule has 1 rings (SSSR count). The Morgan fingerprint density at radius 3 is 2.92 bits per heavy atom. The van der Waals surface area contributed by atoms with Gasteiger partial charge in [0.25, 0.3) is 0 Å². The van der Waals surface area contributed by atoms with Crippen LogP contribution in [0.5, 0.6) is 0 Å². The zero-order chi connectivity index (χ0) is 9.68. The minimum absolute atomic E-state index is 0.220. The van der Waals surface area contributed by atoms with Crippen molar-refractivity contribution in [3.63, 3.8) is 0 Å². The summed E-state index contributed by atoms with van der Waals surface area (Å²) in [5, 5.41) is 2.91. The molecule has 3 nitrogen and oxygen atoms in total. The van der Waals surface area contributed by atoms with Crippen molar-refractivity contribution in [2.45, 2.75) is 24.1 Å². The zero-order valence-corrected chi connectivity index (χ0v) is 9.47. The number of carbonyl (C=O) groups is 1. The Morgan fingerprint density at radius 2 is 2.38 bits per heavy atom. The number of halogens is 1. The van der Waals surface area contributed by atoms with Crippen molar-refractivity contribution in [3.05, 3.63) is 0 Å². The maximum atomic E-state index is 11.2. The summed E-state index contributed by atoms with van der Waals surface area (Å²) in [5.41, 5.74) is 0. The first-order valence-electron chi connectivity index (χ1n) is 4.64. The number of amides is 1. The fraction of sp³-hybridized carbons (Fsp3) is 0.889. The van der Waals surface area contributed by atoms with Gasteiger partial charge in [-0.15, -0.1) is 0 Å². The van der Waals surface area contributed by atoms with Crippen LogP contribution >= 0.6 is 15.9 Å². The van der Waals surface area contributed by atoms with Crippen LogP contribution in [0.3, 0.4) is 0 Å². The molecule has 4 heteroatoms. The summed E-state index contributed by atoms with van der Waals surface area (Å²) in [5.74, 6) is 0.535. The van der Waals surface area contributed by atoms with E-state index in [1.165, 1.54) is 0 Å². The van der Waals surface area contributed by atoms with Crippen molar-refractivity contribution in [1.29, 1.82) is 0 Å². The Balaban J connectivity index is 1.96. The summed E-state index contributed by atoms with van der Waals surface area (Å²) in [6.07, 6.45) is 3.07. The van der Waals surface area contributed by atoms with Crippen LogP contribution in [-0.4, -0.2) is 31.0 Å². The standard InChI is InChI=1S/C9H16BrNO2/c1-13-6-8(10)4-5-11-9(12)7-2-3-7/h7-8H,2-6H2,1H3,(H,11,12). The number of ether oxygens (including phenoxy) is 1. The molecular formula is C9H16BrNO2. The number of alkyl halides is 1. The Kier molecular flexibility index (Phi) is 4.73. The van der Waals surface area contributed by atoms with Crippen LogP contribution in [0.25, 0.3) is 0 Å². The van der Waals surface area contributed by atoms with Crippen LogP contribution in [0.15, 0.2) is 0 Å². The summed E-state index contributed by atoms with van der Waals surface area (Å²) in [6, 6.07) is 0. The minimum atomic E-state index is 0.220. The van der Waals surface area contributed by atoms with Gasteiger partial charge in [-0.2, -0.15) is 0 Å². The third kappa shape index (κ3) is 4.62. The maximum Gasteiger partial charge on any atom is 0.223 e. The fourth-order valence-corrected chi connectivity index (χ4v) is 1.60. The molecule has 0 heterocycles. The molecule has 1 saturated carbocycles. The van der Waals surface area contributed by atoms with Gasteiger partial charge in [0.1, 0.15) is 0 Å². The van der Waals surface area contributed by atoms with E-state index in [1.54, 1.807) is 7.11 Å². The summed E-state index contributed by atoms with van der Waals surface area (Å²) < 4.78 is 4.96. The van der Waals surface area contributed by atoms with E-state index < -0.39 is 0 Å². The van der Waals surface area contributed by atoms with Crippen molar-refractivity contribution >= 4 is 21.8 Å². The Hall–Kier alpha value is -0.0900. The first-order valence-corrected chi connectivity index (χ1v) is 5.56. The monoisotopic (exact) mass is 249 g/mol. The predicted molar refractivity (Wildman–Crippen MR) is 54.9 cm³/mol. The lowest BCUT2D eigenvalue weighted by molar-refractivity contribution is -0.122. The lowest BCUT2D eigenvalue weighted by atomic mass is 10.3. The van der Waals surface area contributed by atoms with Gasteiger partial charge in [-0.25, -0.2) is 0 Å². The highest BCUT2D eigenvalue weighted by Crippen LogP contribution is 2.28. The third-order valence-corrected chi connectivity index (χ3v) is 2.77. The van der Waals surface area contributed by atoms with Gasteiger partial charge in [-0.05, 0) is 19.3 Å². The predicted octanol–water partition coefficient (Wildman–Crippen LogP) is 1.31. The average Bonchev–Trinajstić information content (AvgIpc) is 2.86. The number of rotatable bonds is 6. The first kappa shape index (κ1) is 11.0. The molecule has 0 spiro atoms. The van der Waals surface area contributed by atoms with E-state index in [1.807, 2.05) is 0 Å². The molecule has 1 N–H and O–H groups in total. The Morgan fingerprint density at radius 1 is 1.69 bits per heavy atom. The Labute approximate surface area is 87.3 Å². The number of methoxy groups -OCH3 is 1. The number of hydrogen-bond donors (Lipinski definition) is 1. The van der Waals surface area contributed by atoms with Crippen molar-refractivity contribution in [3.8, 4) is 0 Å². The van der Waals surface area contributed by atoms with Gasteiger partial charge in [0.05, 0.1) is 6.61 Å². The van der Waals surface area contributed by atoms with Crippen molar-refractivity contribution in [1.82, 2.24) is 5.32 Å². The lowest BCUT2D eigenvalue weighted by Gasteiger charge is -2.08. The molecular weight excluding hydrogens is 234 g/mol. The van der Waals surface area contributed by atoms with Crippen LogP contribution in [-0.2, 0) is 9.53 Å². The van der Waals surface area contributed by atoms with Gasteiger partial charge in [-0.3, -0.25) is 4.79 Å². The normalized spacial score (nSPS) is 18.3. The molecule has 76 valence electrons. The molecule has 0 saturated heterocycles. The third-order valence-electron chi connectivity index (χ3n) is 2.05. The highest BCUT2D eigenvalue weighted by molar-refractivity contribution is 9.09. The van der Waals surface area contributed by atoms with Gasteiger partial charge >= 0.3 is 0 Å². The average molecular weight is 250 g/mol. The second-order valence-electron chi connectivity index (χ2n) is 3.41. The topological polar surface area (TPSA) is 38.3 Å². The molecule has 1 amide bonds. The molecule has 1 aliphatic carbocycles. The summed E-state index contributed by atoms with van der Waals surface area (Å²) >= 11 is 3.46. The number of nitrogens with one attached hydrogen (secondary N) is 1. The Bertz CT molecular complexity index is 171. The van der Waals surface area contributed by atoms with E-state index in [0.29, 0.717) is 17.4 Å². The van der Waals surface area contributed by atoms with E-state index in [4.69, 9.17) is 4.74 Å². The zero-order valence-electron chi connectivity index (χ0n) is 7.88. The number of hydrogen-bond acceptors (Lipinski definition) is 2. The van der Waals surface area contributed by atoms with Crippen LogP contribution in [0.4, 0.5) is 0 Å². The van der Waals surface area contributed by atoms with E-state index in [-0.39, 0.29) is 5.91 Å². The second kappa shape index (κ2) is 5.60. The van der Waals surface area contributed by atoms with Crippen molar-refractivity contribution < 1.29 is 9.53 Å². The summed E-state index contributed by atoms with van der Waals surface area (Å²) in [6.45, 7) is 1.44. The van der Waals surface area contributed by atoms with Crippen LogP contribution < -0.4 is 5.32 Å². The van der Waals surface area contributed by atoms with E-state index in [9.17, 15) is 4.79 Å². The molecule has 1 aliphatic rings. The second-order valence-corrected chi connectivity index (χ2v) is 4.70. The molecule has 0 aromatic carbocycles. The molecule has 0 aliphatic heterocycles. The first-order chi connectivity index (χ1) is 6.24. The van der Waals surface area contributed by atoms with Gasteiger partial charge in [-0.1, -0.05) is 15.9 Å². The van der Waals surface area contributed by atoms with Crippen LogP contribution in [0.1, 0.15) is 19.3 Å². The SMILES string of the molecule is COCC(Br)CCNC(=O)C1CC1. The van der Waals surface area contributed by atoms with Crippen molar-refractivity contribution in [2.75, 3.05) is 20.3 Å². The highest BCUT2D eigenvalue weighted by atomic mass is 79.9. The van der Waals surface area contributed by atoms with Gasteiger partial charge in [0.2, 0.25) is 5.91 Å². The molecule has 1 fully saturated rings. The van der Waals surface area contributed by atoms with Gasteiger partial charge in [0, 0.05) is 24.4 Å². The van der Waals surface area contributed by atoms with E-state index in [2.05, 4.69) is 21.2 Å². The quantitative estimate of drug-likeness (QED) is 0.722.